The van der Waals surface area contributed by atoms with Crippen LogP contribution in [0.15, 0.2) is 65.0 Å². The molecule has 7 heteroatoms. The Morgan fingerprint density at radius 3 is 2.43 bits per heavy atom. The van der Waals surface area contributed by atoms with Gasteiger partial charge in [-0.25, -0.2) is 4.79 Å². The van der Waals surface area contributed by atoms with Crippen LogP contribution in [-0.2, 0) is 14.3 Å². The van der Waals surface area contributed by atoms with E-state index in [0.29, 0.717) is 53.5 Å². The molecule has 2 atom stereocenters. The number of nitrogens with one attached hydrogen (secondary N) is 1. The Balaban J connectivity index is 1.81. The molecule has 2 aromatic carbocycles. The molecule has 0 aromatic heterocycles. The lowest BCUT2D eigenvalue weighted by molar-refractivity contribution is -0.143. The summed E-state index contributed by atoms with van der Waals surface area (Å²) in [6.07, 6.45) is 0.644. The number of hydrogen-bond donors (Lipinski definition) is 1. The Kier molecular flexibility index (Phi) is 7.91. The Labute approximate surface area is 218 Å². The van der Waals surface area contributed by atoms with Crippen LogP contribution in [0.5, 0.6) is 17.2 Å². The zero-order valence-electron chi connectivity index (χ0n) is 22.3. The minimum Gasteiger partial charge on any atom is -0.494 e. The van der Waals surface area contributed by atoms with Crippen molar-refractivity contribution in [2.75, 3.05) is 20.8 Å². The van der Waals surface area contributed by atoms with Crippen LogP contribution >= 0.6 is 0 Å². The quantitative estimate of drug-likeness (QED) is 0.480. The normalized spacial score (nSPS) is 19.4. The highest BCUT2D eigenvalue weighted by molar-refractivity contribution is 6.04. The fourth-order valence-electron chi connectivity index (χ4n) is 5.25. The van der Waals surface area contributed by atoms with E-state index in [1.807, 2.05) is 70.2 Å². The summed E-state index contributed by atoms with van der Waals surface area (Å²) in [5.74, 6) is 0.861. The SMILES string of the molecule is CCOc1ccccc1[C@H]1C(C(=O)OC(C)C)=C(C)NC2=C1C(=O)C[C@@H](c1ccc(OC)c(OC)c1)C2. The van der Waals surface area contributed by atoms with Gasteiger partial charge in [-0.15, -0.1) is 0 Å². The molecule has 1 heterocycles. The number of dihydropyridines is 1. The van der Waals surface area contributed by atoms with E-state index < -0.39 is 11.9 Å². The molecule has 4 rings (SSSR count). The molecule has 37 heavy (non-hydrogen) atoms. The summed E-state index contributed by atoms with van der Waals surface area (Å²) < 4.78 is 22.4. The summed E-state index contributed by atoms with van der Waals surface area (Å²) in [4.78, 5) is 27.2. The third-order valence-corrected chi connectivity index (χ3v) is 6.80. The van der Waals surface area contributed by atoms with E-state index in [1.165, 1.54) is 0 Å². The lowest BCUT2D eigenvalue weighted by atomic mass is 9.71. The van der Waals surface area contributed by atoms with Gasteiger partial charge in [0.2, 0.25) is 0 Å². The fourth-order valence-corrected chi connectivity index (χ4v) is 5.25. The van der Waals surface area contributed by atoms with Crippen LogP contribution < -0.4 is 19.5 Å². The van der Waals surface area contributed by atoms with Gasteiger partial charge in [-0.3, -0.25) is 4.79 Å². The molecule has 0 radical (unpaired) electrons. The number of carbonyl (C=O) groups excluding carboxylic acids is 2. The number of ketones is 1. The number of allylic oxidation sites excluding steroid dienone is 3. The van der Waals surface area contributed by atoms with Gasteiger partial charge in [0.15, 0.2) is 17.3 Å². The zero-order valence-corrected chi connectivity index (χ0v) is 22.3. The molecule has 2 aromatic rings. The Bertz CT molecular complexity index is 1260. The van der Waals surface area contributed by atoms with E-state index in [1.54, 1.807) is 14.2 Å². The molecule has 0 bridgehead atoms. The van der Waals surface area contributed by atoms with Crippen LogP contribution in [0.2, 0.25) is 0 Å². The summed E-state index contributed by atoms with van der Waals surface area (Å²) in [6.45, 7) is 7.88. The van der Waals surface area contributed by atoms with Crippen molar-refractivity contribution in [2.24, 2.45) is 0 Å². The lowest BCUT2D eigenvalue weighted by Gasteiger charge is -2.37. The highest BCUT2D eigenvalue weighted by Crippen LogP contribution is 2.48. The van der Waals surface area contributed by atoms with E-state index >= 15 is 0 Å². The summed E-state index contributed by atoms with van der Waals surface area (Å²) in [5.41, 5.74) is 4.33. The van der Waals surface area contributed by atoms with Gasteiger partial charge in [-0.1, -0.05) is 24.3 Å². The van der Waals surface area contributed by atoms with E-state index in [-0.39, 0.29) is 17.8 Å². The minimum atomic E-state index is -0.580. The number of carbonyl (C=O) groups is 2. The number of Topliss-reactive ketones (excluding diaryl/α,β-unsaturated/α-hetero) is 1. The van der Waals surface area contributed by atoms with Crippen molar-refractivity contribution in [3.8, 4) is 17.2 Å². The number of para-hydroxylation sites is 1. The smallest absolute Gasteiger partial charge is 0.337 e. The second-order valence-electron chi connectivity index (χ2n) is 9.56. The van der Waals surface area contributed by atoms with Crippen LogP contribution in [0, 0.1) is 0 Å². The Morgan fingerprint density at radius 1 is 1.03 bits per heavy atom. The topological polar surface area (TPSA) is 83.1 Å². The second-order valence-corrected chi connectivity index (χ2v) is 9.56. The van der Waals surface area contributed by atoms with Crippen LogP contribution in [0.1, 0.15) is 63.5 Å². The molecule has 0 fully saturated rings. The average molecular weight is 506 g/mol. The Morgan fingerprint density at radius 2 is 1.76 bits per heavy atom. The van der Waals surface area contributed by atoms with Gasteiger partial charge >= 0.3 is 5.97 Å². The first kappa shape index (κ1) is 26.3. The van der Waals surface area contributed by atoms with Crippen molar-refractivity contribution in [2.45, 2.75) is 58.5 Å². The van der Waals surface area contributed by atoms with Crippen LogP contribution in [0.25, 0.3) is 0 Å². The molecule has 0 unspecified atom stereocenters. The van der Waals surface area contributed by atoms with E-state index in [9.17, 15) is 9.59 Å². The number of ether oxygens (including phenoxy) is 4. The Hall–Kier alpha value is -3.74. The fraction of sp³-hybridized carbons (Fsp3) is 0.400. The molecule has 1 N–H and O–H groups in total. The molecular formula is C30H35NO6. The molecule has 2 aliphatic rings. The number of hydrogen-bond acceptors (Lipinski definition) is 7. The molecule has 196 valence electrons. The summed E-state index contributed by atoms with van der Waals surface area (Å²) >= 11 is 0. The predicted octanol–water partition coefficient (Wildman–Crippen LogP) is 5.42. The number of benzene rings is 2. The molecule has 0 saturated carbocycles. The molecule has 1 aliphatic heterocycles. The molecule has 7 nitrogen and oxygen atoms in total. The van der Waals surface area contributed by atoms with Gasteiger partial charge in [-0.05, 0) is 63.8 Å². The zero-order chi connectivity index (χ0) is 26.7. The van der Waals surface area contributed by atoms with Crippen LogP contribution in [0.3, 0.4) is 0 Å². The summed E-state index contributed by atoms with van der Waals surface area (Å²) in [6, 6.07) is 13.4. The number of methoxy groups -OCH3 is 2. The molecule has 0 spiro atoms. The van der Waals surface area contributed by atoms with E-state index in [2.05, 4.69) is 5.32 Å². The largest absolute Gasteiger partial charge is 0.494 e. The minimum absolute atomic E-state index is 0.00724. The summed E-state index contributed by atoms with van der Waals surface area (Å²) in [5, 5.41) is 3.40. The first-order chi connectivity index (χ1) is 17.8. The first-order valence-electron chi connectivity index (χ1n) is 12.7. The molecule has 1 aliphatic carbocycles. The highest BCUT2D eigenvalue weighted by Gasteiger charge is 2.42. The van der Waals surface area contributed by atoms with Crippen molar-refractivity contribution in [3.05, 3.63) is 76.1 Å². The lowest BCUT2D eigenvalue weighted by Crippen LogP contribution is -2.36. The average Bonchev–Trinajstić information content (AvgIpc) is 2.87. The van der Waals surface area contributed by atoms with Crippen molar-refractivity contribution in [1.82, 2.24) is 5.32 Å². The van der Waals surface area contributed by atoms with Gasteiger partial charge in [0.05, 0.1) is 38.4 Å². The molecular weight excluding hydrogens is 470 g/mol. The van der Waals surface area contributed by atoms with Crippen molar-refractivity contribution >= 4 is 11.8 Å². The van der Waals surface area contributed by atoms with Crippen molar-refractivity contribution < 1.29 is 28.5 Å². The van der Waals surface area contributed by atoms with Gasteiger partial charge < -0.3 is 24.3 Å². The summed E-state index contributed by atoms with van der Waals surface area (Å²) in [7, 11) is 3.20. The standard InChI is InChI=1S/C30H35NO6/c1-7-36-24-11-9-8-10-21(24)28-27(30(33)37-17(2)3)18(4)31-22-14-20(15-23(32)29(22)28)19-12-13-25(34-5)26(16-19)35-6/h8-13,16-17,20,28,31H,7,14-15H2,1-6H3/t20-,28-/m0/s1. The van der Waals surface area contributed by atoms with Crippen LogP contribution in [0.4, 0.5) is 0 Å². The molecule has 0 saturated heterocycles. The molecule has 0 amide bonds. The van der Waals surface area contributed by atoms with Crippen molar-refractivity contribution in [3.63, 3.8) is 0 Å². The van der Waals surface area contributed by atoms with E-state index in [0.717, 1.165) is 16.8 Å². The maximum atomic E-state index is 13.9. The van der Waals surface area contributed by atoms with Crippen molar-refractivity contribution in [1.29, 1.82) is 0 Å². The van der Waals surface area contributed by atoms with Gasteiger partial charge in [0, 0.05) is 29.0 Å². The number of rotatable bonds is 8. The third kappa shape index (κ3) is 5.22. The predicted molar refractivity (Wildman–Crippen MR) is 141 cm³/mol. The van der Waals surface area contributed by atoms with E-state index in [4.69, 9.17) is 18.9 Å². The van der Waals surface area contributed by atoms with Gasteiger partial charge in [-0.2, -0.15) is 0 Å². The maximum Gasteiger partial charge on any atom is 0.337 e. The maximum absolute atomic E-state index is 13.9. The van der Waals surface area contributed by atoms with Gasteiger partial charge in [0.1, 0.15) is 5.75 Å². The number of esters is 1. The third-order valence-electron chi connectivity index (χ3n) is 6.80. The second kappa shape index (κ2) is 11.1. The van der Waals surface area contributed by atoms with Crippen LogP contribution in [-0.4, -0.2) is 38.7 Å². The van der Waals surface area contributed by atoms with Gasteiger partial charge in [0.25, 0.3) is 0 Å². The first-order valence-corrected chi connectivity index (χ1v) is 12.7. The highest BCUT2D eigenvalue weighted by atomic mass is 16.5. The monoisotopic (exact) mass is 505 g/mol.